The molecule has 0 atom stereocenters. The minimum Gasteiger partial charge on any atom is -0.336 e. The number of alkyl halides is 3. The summed E-state index contributed by atoms with van der Waals surface area (Å²) in [5.74, 6) is 0. The van der Waals surface area contributed by atoms with E-state index in [2.05, 4.69) is 0 Å². The highest BCUT2D eigenvalue weighted by molar-refractivity contribution is 6.56. The third-order valence-corrected chi connectivity index (χ3v) is 5.90. The van der Waals surface area contributed by atoms with E-state index in [0.29, 0.717) is 11.0 Å². The van der Waals surface area contributed by atoms with E-state index in [0.717, 1.165) is 7.05 Å². The van der Waals surface area contributed by atoms with Crippen LogP contribution in [0.25, 0.3) is 0 Å². The lowest BCUT2D eigenvalue weighted by Gasteiger charge is -2.26. The van der Waals surface area contributed by atoms with Crippen molar-refractivity contribution in [3.05, 3.63) is 63.0 Å². The summed E-state index contributed by atoms with van der Waals surface area (Å²) in [7, 11) is 0.969. The minimum absolute atomic E-state index is 0.153. The molecule has 0 amide bonds. The van der Waals surface area contributed by atoms with Crippen LogP contribution >= 0.6 is 58.0 Å². The molecule has 0 N–H and O–H groups in total. The van der Waals surface area contributed by atoms with Crippen LogP contribution in [0.1, 0.15) is 5.56 Å². The van der Waals surface area contributed by atoms with E-state index in [9.17, 15) is 33.4 Å². The lowest BCUT2D eigenvalue weighted by molar-refractivity contribution is -0.394. The summed E-state index contributed by atoms with van der Waals surface area (Å²) < 4.78 is 40.9. The Kier molecular flexibility index (Phi) is 6.65. The third kappa shape index (κ3) is 4.26. The van der Waals surface area contributed by atoms with Gasteiger partial charge in [-0.25, -0.2) is 0 Å². The van der Waals surface area contributed by atoms with E-state index >= 15 is 0 Å². The van der Waals surface area contributed by atoms with Gasteiger partial charge in [0.15, 0.2) is 0 Å². The lowest BCUT2D eigenvalue weighted by atomic mass is 10.1. The Morgan fingerprint density at radius 1 is 0.828 bits per heavy atom. The largest absolute Gasteiger partial charge is 0.418 e. The maximum absolute atomic E-state index is 13.6. The number of rotatable bonds is 4. The zero-order valence-electron chi connectivity index (χ0n) is 13.7. The number of non-ortho nitro benzene ring substituents is 1. The summed E-state index contributed by atoms with van der Waals surface area (Å²) in [6.07, 6.45) is -5.21. The summed E-state index contributed by atoms with van der Waals surface area (Å²) in [5.41, 5.74) is -5.51. The van der Waals surface area contributed by atoms with Crippen molar-refractivity contribution in [3.8, 4) is 0 Å². The van der Waals surface area contributed by atoms with Gasteiger partial charge in [0.2, 0.25) is 0 Å². The highest BCUT2D eigenvalue weighted by Gasteiger charge is 2.42. The van der Waals surface area contributed by atoms with Crippen molar-refractivity contribution in [1.82, 2.24) is 0 Å². The van der Waals surface area contributed by atoms with Crippen LogP contribution in [-0.4, -0.2) is 16.9 Å². The first kappa shape index (κ1) is 23.6. The second kappa shape index (κ2) is 8.19. The summed E-state index contributed by atoms with van der Waals surface area (Å²) >= 11 is 29.7. The molecule has 0 heterocycles. The van der Waals surface area contributed by atoms with Gasteiger partial charge < -0.3 is 4.90 Å². The van der Waals surface area contributed by atoms with E-state index < -0.39 is 54.4 Å². The first-order chi connectivity index (χ1) is 13.2. The van der Waals surface area contributed by atoms with Gasteiger partial charge in [-0.05, 0) is 0 Å². The summed E-state index contributed by atoms with van der Waals surface area (Å²) in [5, 5.41) is 20.5. The molecule has 7 nitrogen and oxygen atoms in total. The van der Waals surface area contributed by atoms with Crippen molar-refractivity contribution in [3.63, 3.8) is 0 Å². The predicted octanol–water partition coefficient (Wildman–Crippen LogP) is 7.56. The van der Waals surface area contributed by atoms with Crippen molar-refractivity contribution < 1.29 is 23.0 Å². The van der Waals surface area contributed by atoms with Gasteiger partial charge in [0.05, 0.1) is 52.3 Å². The molecule has 15 heteroatoms. The zero-order chi connectivity index (χ0) is 22.4. The first-order valence-corrected chi connectivity index (χ1v) is 8.88. The van der Waals surface area contributed by atoms with Gasteiger partial charge in [0, 0.05) is 13.1 Å². The van der Waals surface area contributed by atoms with E-state index in [1.165, 1.54) is 0 Å². The molecule has 0 bridgehead atoms. The summed E-state index contributed by atoms with van der Waals surface area (Å²) in [6, 6.07) is 0.530. The maximum Gasteiger partial charge on any atom is 0.418 e. The predicted molar refractivity (Wildman–Crippen MR) is 104 cm³/mol. The Morgan fingerprint density at radius 3 is 1.66 bits per heavy atom. The van der Waals surface area contributed by atoms with Crippen LogP contribution in [-0.2, 0) is 6.18 Å². The molecule has 2 aromatic rings. The van der Waals surface area contributed by atoms with Crippen LogP contribution in [0.3, 0.4) is 0 Å². The molecule has 2 aromatic carbocycles. The number of nitrogens with zero attached hydrogens (tertiary/aromatic N) is 3. The molecule has 29 heavy (non-hydrogen) atoms. The molecule has 0 aromatic heterocycles. The fourth-order valence-electron chi connectivity index (χ4n) is 2.42. The van der Waals surface area contributed by atoms with Crippen molar-refractivity contribution in [2.75, 3.05) is 11.9 Å². The SMILES string of the molecule is CN(c1c([N+](=O)[O-])cc([N+](=O)[O-])cc1C(F)(F)F)c1c(Cl)c(Cl)c(Cl)c(Cl)c1Cl. The third-order valence-electron chi connectivity index (χ3n) is 3.64. The molecule has 0 radical (unpaired) electrons. The molecule has 0 saturated heterocycles. The number of nitro benzene ring substituents is 2. The average molecular weight is 513 g/mol. The van der Waals surface area contributed by atoms with Crippen LogP contribution in [0.15, 0.2) is 12.1 Å². The number of benzene rings is 2. The van der Waals surface area contributed by atoms with E-state index in [1.807, 2.05) is 0 Å². The van der Waals surface area contributed by atoms with Crippen molar-refractivity contribution >= 4 is 80.8 Å². The van der Waals surface area contributed by atoms with Crippen LogP contribution in [0.2, 0.25) is 25.1 Å². The monoisotopic (exact) mass is 511 g/mol. The molecule has 0 fully saturated rings. The Morgan fingerprint density at radius 2 is 1.28 bits per heavy atom. The molecule has 0 aliphatic carbocycles. The van der Waals surface area contributed by atoms with Crippen molar-refractivity contribution in [2.24, 2.45) is 0 Å². The molecule has 0 unspecified atom stereocenters. The Labute approximate surface area is 184 Å². The van der Waals surface area contributed by atoms with E-state index in [4.69, 9.17) is 58.0 Å². The molecular formula is C14H5Cl5F3N3O4. The van der Waals surface area contributed by atoms with Gasteiger partial charge >= 0.3 is 6.18 Å². The molecule has 156 valence electrons. The minimum atomic E-state index is -5.21. The molecule has 0 saturated carbocycles. The smallest absolute Gasteiger partial charge is 0.336 e. The highest BCUT2D eigenvalue weighted by Crippen LogP contribution is 2.53. The Bertz CT molecular complexity index is 1020. The van der Waals surface area contributed by atoms with Gasteiger partial charge in [0.1, 0.15) is 5.69 Å². The topological polar surface area (TPSA) is 89.5 Å². The van der Waals surface area contributed by atoms with Crippen LogP contribution in [0, 0.1) is 20.2 Å². The second-order valence-electron chi connectivity index (χ2n) is 5.35. The zero-order valence-corrected chi connectivity index (χ0v) is 17.4. The van der Waals surface area contributed by atoms with Gasteiger partial charge in [-0.15, -0.1) is 0 Å². The summed E-state index contributed by atoms with van der Waals surface area (Å²) in [4.78, 5) is 20.6. The normalized spacial score (nSPS) is 11.5. The van der Waals surface area contributed by atoms with Gasteiger partial charge in [0.25, 0.3) is 11.4 Å². The average Bonchev–Trinajstić information content (AvgIpc) is 2.62. The molecule has 2 rings (SSSR count). The van der Waals surface area contributed by atoms with E-state index in [1.54, 1.807) is 0 Å². The standard InChI is InChI=1S/C14H5Cl5F3N3O4/c1-23(13-10(18)8(16)7(15)9(17)11(13)19)12-5(14(20,21)22)2-4(24(26)27)3-6(12)25(28)29/h2-3H,1H3. The van der Waals surface area contributed by atoms with Crippen LogP contribution < -0.4 is 4.90 Å². The van der Waals surface area contributed by atoms with Crippen molar-refractivity contribution in [2.45, 2.75) is 6.18 Å². The maximum atomic E-state index is 13.6. The Balaban J connectivity index is 2.98. The van der Waals surface area contributed by atoms with Crippen LogP contribution in [0.4, 0.5) is 35.9 Å². The Hall–Kier alpha value is -1.72. The summed E-state index contributed by atoms with van der Waals surface area (Å²) in [6.45, 7) is 0. The van der Waals surface area contributed by atoms with Crippen molar-refractivity contribution in [1.29, 1.82) is 0 Å². The quantitative estimate of drug-likeness (QED) is 0.182. The van der Waals surface area contributed by atoms with E-state index in [-0.39, 0.29) is 21.1 Å². The van der Waals surface area contributed by atoms with Gasteiger partial charge in [-0.1, -0.05) is 58.0 Å². The number of hydrogen-bond donors (Lipinski definition) is 0. The number of halogens is 8. The fourth-order valence-corrected chi connectivity index (χ4v) is 3.80. The molecule has 0 aliphatic heterocycles. The first-order valence-electron chi connectivity index (χ1n) is 6.99. The number of nitro groups is 2. The number of anilines is 2. The van der Waals surface area contributed by atoms with Crippen LogP contribution in [0.5, 0.6) is 0 Å². The fraction of sp³-hybridized carbons (Fsp3) is 0.143. The highest BCUT2D eigenvalue weighted by atomic mass is 35.5. The molecular weight excluding hydrogens is 508 g/mol. The molecule has 0 aliphatic rings. The lowest BCUT2D eigenvalue weighted by Crippen LogP contribution is -2.19. The van der Waals surface area contributed by atoms with Gasteiger partial charge in [-0.2, -0.15) is 13.2 Å². The second-order valence-corrected chi connectivity index (χ2v) is 7.24. The molecule has 0 spiro atoms. The number of hydrogen-bond acceptors (Lipinski definition) is 5. The van der Waals surface area contributed by atoms with Gasteiger partial charge in [-0.3, -0.25) is 20.2 Å².